The van der Waals surface area contributed by atoms with E-state index in [1.807, 2.05) is 45.9 Å². The Morgan fingerprint density at radius 1 is 1.09 bits per heavy atom. The van der Waals surface area contributed by atoms with E-state index in [0.29, 0.717) is 13.0 Å². The van der Waals surface area contributed by atoms with E-state index in [2.05, 4.69) is 6.92 Å². The van der Waals surface area contributed by atoms with Gasteiger partial charge >= 0.3 is 5.97 Å². The Bertz CT molecular complexity index is 900. The second kappa shape index (κ2) is 9.11. The monoisotopic (exact) mass is 474 g/mol. The molecule has 0 aromatic carbocycles. The molecule has 34 heavy (non-hydrogen) atoms. The fraction of sp³-hybridized carbons (Fsp3) is 0.731. The fourth-order valence-electron chi connectivity index (χ4n) is 6.50. The lowest BCUT2D eigenvalue weighted by Crippen LogP contribution is -2.60. The largest absolute Gasteiger partial charge is 0.461 e. The van der Waals surface area contributed by atoms with Gasteiger partial charge in [-0.05, 0) is 31.8 Å². The molecule has 2 saturated heterocycles. The van der Waals surface area contributed by atoms with Crippen LogP contribution in [-0.4, -0.2) is 81.8 Å². The molecule has 0 aromatic rings. The van der Waals surface area contributed by atoms with Gasteiger partial charge in [0, 0.05) is 12.6 Å². The first-order chi connectivity index (χ1) is 16.2. The first kappa shape index (κ1) is 24.9. The molecular weight excluding hydrogens is 436 g/mol. The van der Waals surface area contributed by atoms with E-state index in [9.17, 15) is 19.5 Å². The standard InChI is InChI=1S/C26H38N2O6/c1-6-10-17(5)27-13-8-12-26-19(20-24(32)33-14-9-11-25(20,7-2)34-26)22(30)28(21(26)23(27)31)18(15-29)16(3)4/h8-9,11-12,16-21,29H,6-7,10,13-15H2,1-5H3/t17?,18-,19-,20+,21?,25-,26-/m0/s1. The minimum absolute atomic E-state index is 0.0168. The number of fused-ring (bicyclic) bond motifs is 2. The predicted octanol–water partition coefficient (Wildman–Crippen LogP) is 2.06. The molecule has 0 saturated carbocycles. The van der Waals surface area contributed by atoms with Gasteiger partial charge in [-0.2, -0.15) is 0 Å². The summed E-state index contributed by atoms with van der Waals surface area (Å²) in [6.45, 7) is 10.1. The van der Waals surface area contributed by atoms with Gasteiger partial charge < -0.3 is 24.4 Å². The van der Waals surface area contributed by atoms with Crippen molar-refractivity contribution in [2.75, 3.05) is 19.8 Å². The highest BCUT2D eigenvalue weighted by Crippen LogP contribution is 2.59. The van der Waals surface area contributed by atoms with Crippen molar-refractivity contribution < 1.29 is 29.0 Å². The van der Waals surface area contributed by atoms with Crippen LogP contribution in [0.3, 0.4) is 0 Å². The van der Waals surface area contributed by atoms with Crippen molar-refractivity contribution in [2.24, 2.45) is 17.8 Å². The van der Waals surface area contributed by atoms with Crippen LogP contribution >= 0.6 is 0 Å². The number of aliphatic hydroxyl groups excluding tert-OH is 1. The lowest BCUT2D eigenvalue weighted by molar-refractivity contribution is -0.162. The SMILES string of the molecule is CCCC(C)N1CC=C[C@]23O[C@@]4(CC)C=CCOC(=O)[C@H]4[C@H]2C(=O)N([C@@H](CO)C(C)C)C3C1=O. The van der Waals surface area contributed by atoms with Gasteiger partial charge in [-0.15, -0.1) is 0 Å². The second-order valence-corrected chi connectivity index (χ2v) is 10.4. The molecule has 2 fully saturated rings. The Morgan fingerprint density at radius 3 is 2.44 bits per heavy atom. The third-order valence-electron chi connectivity index (χ3n) is 8.22. The van der Waals surface area contributed by atoms with Gasteiger partial charge in [0.05, 0.1) is 18.6 Å². The highest BCUT2D eigenvalue weighted by atomic mass is 16.6. The Labute approximate surface area is 201 Å². The second-order valence-electron chi connectivity index (χ2n) is 10.4. The van der Waals surface area contributed by atoms with E-state index in [4.69, 9.17) is 9.47 Å². The van der Waals surface area contributed by atoms with Crippen molar-refractivity contribution >= 4 is 17.8 Å². The Kier molecular flexibility index (Phi) is 6.68. The van der Waals surface area contributed by atoms with Crippen LogP contribution in [0.2, 0.25) is 0 Å². The molecular formula is C26H38N2O6. The summed E-state index contributed by atoms with van der Waals surface area (Å²) in [7, 11) is 0. The number of hydrogen-bond acceptors (Lipinski definition) is 6. The van der Waals surface area contributed by atoms with E-state index >= 15 is 0 Å². The first-order valence-corrected chi connectivity index (χ1v) is 12.6. The normalized spacial score (nSPS) is 36.7. The summed E-state index contributed by atoms with van der Waals surface area (Å²) < 4.78 is 12.3. The van der Waals surface area contributed by atoms with Crippen molar-refractivity contribution in [3.05, 3.63) is 24.3 Å². The average Bonchev–Trinajstić information content (AvgIpc) is 3.06. The van der Waals surface area contributed by atoms with Crippen LogP contribution in [-0.2, 0) is 23.9 Å². The molecule has 2 amide bonds. The fourth-order valence-corrected chi connectivity index (χ4v) is 6.50. The van der Waals surface area contributed by atoms with E-state index in [-0.39, 0.29) is 37.0 Å². The van der Waals surface area contributed by atoms with Gasteiger partial charge in [0.1, 0.15) is 29.8 Å². The number of hydrogen-bond donors (Lipinski definition) is 1. The van der Waals surface area contributed by atoms with E-state index in [1.54, 1.807) is 11.0 Å². The number of rotatable bonds is 7. The van der Waals surface area contributed by atoms with Gasteiger partial charge in [0.25, 0.3) is 0 Å². The first-order valence-electron chi connectivity index (χ1n) is 12.6. The number of likely N-dealkylation sites (tertiary alicyclic amines) is 1. The van der Waals surface area contributed by atoms with E-state index in [1.165, 1.54) is 4.90 Å². The van der Waals surface area contributed by atoms with Gasteiger partial charge in [-0.1, -0.05) is 52.3 Å². The smallest absolute Gasteiger partial charge is 0.313 e. The molecule has 0 aromatic heterocycles. The van der Waals surface area contributed by atoms with Crippen molar-refractivity contribution in [3.63, 3.8) is 0 Å². The summed E-state index contributed by atoms with van der Waals surface area (Å²) in [6.07, 6.45) is 9.58. The van der Waals surface area contributed by atoms with Crippen molar-refractivity contribution in [1.29, 1.82) is 0 Å². The summed E-state index contributed by atoms with van der Waals surface area (Å²) in [5.74, 6) is -2.85. The van der Waals surface area contributed by atoms with Gasteiger partial charge in [-0.25, -0.2) is 0 Å². The van der Waals surface area contributed by atoms with Crippen molar-refractivity contribution in [3.8, 4) is 0 Å². The van der Waals surface area contributed by atoms with Crippen molar-refractivity contribution in [1.82, 2.24) is 9.80 Å². The Hall–Kier alpha value is -2.19. The van der Waals surface area contributed by atoms with Crippen LogP contribution in [0.4, 0.5) is 0 Å². The molecule has 8 heteroatoms. The van der Waals surface area contributed by atoms with Crippen LogP contribution < -0.4 is 0 Å². The predicted molar refractivity (Wildman–Crippen MR) is 125 cm³/mol. The third-order valence-corrected chi connectivity index (χ3v) is 8.22. The number of aliphatic hydroxyl groups is 1. The molecule has 0 aliphatic carbocycles. The van der Waals surface area contributed by atoms with E-state index < -0.39 is 41.1 Å². The van der Waals surface area contributed by atoms with Crippen LogP contribution in [0.1, 0.15) is 53.9 Å². The molecule has 4 rings (SSSR count). The Balaban J connectivity index is 1.91. The quantitative estimate of drug-likeness (QED) is 0.448. The van der Waals surface area contributed by atoms with Gasteiger partial charge in [-0.3, -0.25) is 14.4 Å². The molecule has 188 valence electrons. The molecule has 1 spiro atoms. The molecule has 0 radical (unpaired) electrons. The zero-order chi connectivity index (χ0) is 24.8. The number of amides is 2. The highest BCUT2D eigenvalue weighted by Gasteiger charge is 2.76. The molecule has 4 heterocycles. The molecule has 1 N–H and O–H groups in total. The summed E-state index contributed by atoms with van der Waals surface area (Å²) in [6, 6.07) is -1.55. The number of ether oxygens (including phenoxy) is 2. The average molecular weight is 475 g/mol. The lowest BCUT2D eigenvalue weighted by atomic mass is 9.73. The van der Waals surface area contributed by atoms with Crippen LogP contribution in [0.25, 0.3) is 0 Å². The zero-order valence-corrected chi connectivity index (χ0v) is 20.9. The van der Waals surface area contributed by atoms with Crippen LogP contribution in [0.5, 0.6) is 0 Å². The summed E-state index contributed by atoms with van der Waals surface area (Å²) >= 11 is 0. The van der Waals surface area contributed by atoms with E-state index in [0.717, 1.165) is 12.8 Å². The zero-order valence-electron chi connectivity index (χ0n) is 20.9. The maximum atomic E-state index is 14.2. The van der Waals surface area contributed by atoms with Gasteiger partial charge in [0.15, 0.2) is 0 Å². The number of cyclic esters (lactones) is 1. The molecule has 2 unspecified atom stereocenters. The van der Waals surface area contributed by atoms with Crippen LogP contribution in [0.15, 0.2) is 24.3 Å². The summed E-state index contributed by atoms with van der Waals surface area (Å²) in [5, 5.41) is 10.3. The number of esters is 1. The number of carbonyl (C=O) groups excluding carboxylic acids is 3. The minimum atomic E-state index is -1.31. The third kappa shape index (κ3) is 3.44. The highest BCUT2D eigenvalue weighted by molar-refractivity contribution is 5.99. The molecule has 4 aliphatic heterocycles. The molecule has 0 bridgehead atoms. The molecule has 7 atom stereocenters. The number of nitrogens with zero attached hydrogens (tertiary/aromatic N) is 2. The van der Waals surface area contributed by atoms with Crippen LogP contribution in [0, 0.1) is 17.8 Å². The maximum Gasteiger partial charge on any atom is 0.313 e. The molecule has 8 nitrogen and oxygen atoms in total. The molecule has 4 aliphatic rings. The topological polar surface area (TPSA) is 96.4 Å². The van der Waals surface area contributed by atoms with Crippen molar-refractivity contribution in [2.45, 2.75) is 83.2 Å². The van der Waals surface area contributed by atoms with Gasteiger partial charge in [0.2, 0.25) is 11.8 Å². The summed E-state index contributed by atoms with van der Waals surface area (Å²) in [4.78, 5) is 45.0. The summed E-state index contributed by atoms with van der Waals surface area (Å²) in [5.41, 5.74) is -2.34. The maximum absolute atomic E-state index is 14.2. The Morgan fingerprint density at radius 2 is 1.82 bits per heavy atom. The number of carbonyl (C=O) groups is 3. The minimum Gasteiger partial charge on any atom is -0.461 e. The lowest BCUT2D eigenvalue weighted by Gasteiger charge is -2.42.